The molecule has 0 aliphatic carbocycles. The molecule has 1 atom stereocenters. The van der Waals surface area contributed by atoms with Crippen LogP contribution in [0, 0.1) is 11.8 Å². The van der Waals surface area contributed by atoms with Crippen molar-refractivity contribution in [2.45, 2.75) is 46.6 Å². The van der Waals surface area contributed by atoms with Crippen molar-refractivity contribution in [2.75, 3.05) is 0 Å². The van der Waals surface area contributed by atoms with E-state index in [0.717, 1.165) is 11.5 Å². The van der Waals surface area contributed by atoms with Gasteiger partial charge in [-0.2, -0.15) is 0 Å². The molecule has 0 radical (unpaired) electrons. The van der Waals surface area contributed by atoms with Crippen molar-refractivity contribution >= 4 is 6.21 Å². The lowest BCUT2D eigenvalue weighted by molar-refractivity contribution is -0.115. The minimum atomic E-state index is -0.212. The van der Waals surface area contributed by atoms with E-state index in [4.69, 9.17) is 0 Å². The van der Waals surface area contributed by atoms with Crippen LogP contribution in [-0.4, -0.2) is 27.6 Å². The number of nitrogens with zero attached hydrogens (tertiary/aromatic N) is 2. The van der Waals surface area contributed by atoms with Crippen LogP contribution in [0.25, 0.3) is 0 Å². The second-order valence-electron chi connectivity index (χ2n) is 5.19. The molecule has 92 valence electrons. The number of aliphatic hydroxyl groups is 1. The Morgan fingerprint density at radius 3 is 2.44 bits per heavy atom. The summed E-state index contributed by atoms with van der Waals surface area (Å²) in [5, 5.41) is 20.6. The lowest BCUT2D eigenvalue weighted by atomic mass is 10.0. The molecular weight excluding hydrogens is 204 g/mol. The molecule has 0 aromatic carbocycles. The molecule has 1 aliphatic heterocycles. The Bertz CT molecular complexity index is 295. The van der Waals surface area contributed by atoms with E-state index >= 15 is 0 Å². The van der Waals surface area contributed by atoms with Gasteiger partial charge in [-0.3, -0.25) is 10.2 Å². The van der Waals surface area contributed by atoms with Gasteiger partial charge in [0, 0.05) is 6.21 Å². The highest BCUT2D eigenvalue weighted by Gasteiger charge is 2.25. The largest absolute Gasteiger partial charge is 0.492 e. The third-order valence-corrected chi connectivity index (χ3v) is 2.51. The number of hydrogen-bond acceptors (Lipinski definition) is 4. The fraction of sp³-hybridized carbons (Fsp3) is 0.750. The molecule has 0 aromatic rings. The monoisotopic (exact) mass is 226 g/mol. The third-order valence-electron chi connectivity index (χ3n) is 2.51. The van der Waals surface area contributed by atoms with Gasteiger partial charge in [0.2, 0.25) is 5.88 Å². The molecule has 0 spiro atoms. The fourth-order valence-corrected chi connectivity index (χ4v) is 1.76. The lowest BCUT2D eigenvalue weighted by Crippen LogP contribution is -2.37. The SMILES string of the molecule is CC(C)CC1=C(O)N(O)C(CC(C)C)C=N1. The molecule has 0 saturated heterocycles. The molecule has 0 fully saturated rings. The van der Waals surface area contributed by atoms with E-state index in [0.29, 0.717) is 24.0 Å². The zero-order chi connectivity index (χ0) is 12.3. The molecule has 1 unspecified atom stereocenters. The van der Waals surface area contributed by atoms with Crippen LogP contribution < -0.4 is 0 Å². The van der Waals surface area contributed by atoms with E-state index in [9.17, 15) is 10.3 Å². The lowest BCUT2D eigenvalue weighted by Gasteiger charge is -2.29. The molecule has 0 saturated carbocycles. The van der Waals surface area contributed by atoms with E-state index in [1.807, 2.05) is 0 Å². The topological polar surface area (TPSA) is 56.1 Å². The van der Waals surface area contributed by atoms with Crippen LogP contribution in [0.4, 0.5) is 0 Å². The molecule has 2 N–H and O–H groups in total. The Labute approximate surface area is 97.3 Å². The summed E-state index contributed by atoms with van der Waals surface area (Å²) < 4.78 is 0. The number of hydroxylamine groups is 2. The first-order valence-electron chi connectivity index (χ1n) is 5.86. The van der Waals surface area contributed by atoms with Crippen molar-refractivity contribution < 1.29 is 10.3 Å². The highest BCUT2D eigenvalue weighted by Crippen LogP contribution is 2.23. The van der Waals surface area contributed by atoms with Gasteiger partial charge in [-0.15, -0.1) is 0 Å². The predicted octanol–water partition coefficient (Wildman–Crippen LogP) is 2.95. The number of hydrogen-bond donors (Lipinski definition) is 2. The number of aliphatic hydroxyl groups excluding tert-OH is 1. The van der Waals surface area contributed by atoms with Gasteiger partial charge in [0.05, 0.1) is 6.04 Å². The molecule has 4 nitrogen and oxygen atoms in total. The summed E-state index contributed by atoms with van der Waals surface area (Å²) >= 11 is 0. The van der Waals surface area contributed by atoms with Crippen LogP contribution in [-0.2, 0) is 0 Å². The van der Waals surface area contributed by atoms with Crippen molar-refractivity contribution in [3.05, 3.63) is 11.6 Å². The zero-order valence-corrected chi connectivity index (χ0v) is 10.5. The van der Waals surface area contributed by atoms with E-state index in [2.05, 4.69) is 32.7 Å². The Kier molecular flexibility index (Phi) is 4.35. The van der Waals surface area contributed by atoms with E-state index in [-0.39, 0.29) is 11.9 Å². The minimum absolute atomic E-state index is 0.0955. The van der Waals surface area contributed by atoms with Crippen LogP contribution in [0.1, 0.15) is 40.5 Å². The maximum Gasteiger partial charge on any atom is 0.233 e. The summed E-state index contributed by atoms with van der Waals surface area (Å²) in [7, 11) is 0. The Balaban J connectivity index is 2.73. The van der Waals surface area contributed by atoms with Crippen LogP contribution in [0.5, 0.6) is 0 Å². The molecule has 1 heterocycles. The van der Waals surface area contributed by atoms with Gasteiger partial charge in [-0.25, -0.2) is 5.06 Å². The summed E-state index contributed by atoms with van der Waals surface area (Å²) in [6.07, 6.45) is 3.17. The average molecular weight is 226 g/mol. The van der Waals surface area contributed by atoms with Gasteiger partial charge in [0.15, 0.2) is 0 Å². The van der Waals surface area contributed by atoms with Crippen LogP contribution >= 0.6 is 0 Å². The van der Waals surface area contributed by atoms with E-state index in [1.54, 1.807) is 6.21 Å². The maximum atomic E-state index is 9.81. The number of allylic oxidation sites excluding steroid dienone is 1. The molecule has 1 rings (SSSR count). The van der Waals surface area contributed by atoms with Gasteiger partial charge < -0.3 is 5.11 Å². The fourth-order valence-electron chi connectivity index (χ4n) is 1.76. The van der Waals surface area contributed by atoms with Gasteiger partial charge in [-0.05, 0) is 24.7 Å². The average Bonchev–Trinajstić information content (AvgIpc) is 2.16. The van der Waals surface area contributed by atoms with Crippen molar-refractivity contribution in [3.63, 3.8) is 0 Å². The van der Waals surface area contributed by atoms with Crippen LogP contribution in [0.3, 0.4) is 0 Å². The zero-order valence-electron chi connectivity index (χ0n) is 10.5. The standard InChI is InChI=1S/C12H22N2O2/c1-8(2)5-10-7-13-11(6-9(3)4)12(15)14(10)16/h7-10,15-16H,5-6H2,1-4H3. The minimum Gasteiger partial charge on any atom is -0.492 e. The summed E-state index contributed by atoms with van der Waals surface area (Å²) in [6.45, 7) is 8.26. The number of aliphatic imine (C=N–C) groups is 1. The van der Waals surface area contributed by atoms with Gasteiger partial charge in [0.25, 0.3) is 0 Å². The van der Waals surface area contributed by atoms with Gasteiger partial charge in [-0.1, -0.05) is 27.7 Å². The summed E-state index contributed by atoms with van der Waals surface area (Å²) in [5.41, 5.74) is 0.567. The Morgan fingerprint density at radius 1 is 1.31 bits per heavy atom. The Hall–Kier alpha value is -1.03. The first-order chi connectivity index (χ1) is 7.41. The quantitative estimate of drug-likeness (QED) is 0.775. The van der Waals surface area contributed by atoms with E-state index in [1.165, 1.54) is 0 Å². The Morgan fingerprint density at radius 2 is 1.94 bits per heavy atom. The third kappa shape index (κ3) is 3.23. The predicted molar refractivity (Wildman–Crippen MR) is 64.5 cm³/mol. The second-order valence-corrected chi connectivity index (χ2v) is 5.19. The van der Waals surface area contributed by atoms with Crippen LogP contribution in [0.2, 0.25) is 0 Å². The normalized spacial score (nSPS) is 21.4. The maximum absolute atomic E-state index is 9.81. The van der Waals surface area contributed by atoms with Gasteiger partial charge >= 0.3 is 0 Å². The van der Waals surface area contributed by atoms with Gasteiger partial charge in [0.1, 0.15) is 5.70 Å². The van der Waals surface area contributed by atoms with Crippen molar-refractivity contribution in [3.8, 4) is 0 Å². The smallest absolute Gasteiger partial charge is 0.233 e. The van der Waals surface area contributed by atoms with Crippen molar-refractivity contribution in [2.24, 2.45) is 16.8 Å². The van der Waals surface area contributed by atoms with Crippen LogP contribution in [0.15, 0.2) is 16.6 Å². The van der Waals surface area contributed by atoms with Crippen molar-refractivity contribution in [1.29, 1.82) is 0 Å². The summed E-state index contributed by atoms with van der Waals surface area (Å²) in [4.78, 5) is 4.24. The molecule has 16 heavy (non-hydrogen) atoms. The molecular formula is C12H22N2O2. The highest BCUT2D eigenvalue weighted by atomic mass is 16.5. The van der Waals surface area contributed by atoms with Crippen molar-refractivity contribution in [1.82, 2.24) is 5.06 Å². The molecule has 4 heteroatoms. The highest BCUT2D eigenvalue weighted by molar-refractivity contribution is 5.67. The first kappa shape index (κ1) is 13.0. The molecule has 1 aliphatic rings. The second kappa shape index (κ2) is 5.34. The van der Waals surface area contributed by atoms with E-state index < -0.39 is 0 Å². The molecule has 0 aromatic heterocycles. The molecule has 0 amide bonds. The number of rotatable bonds is 4. The first-order valence-corrected chi connectivity index (χ1v) is 5.86. The summed E-state index contributed by atoms with van der Waals surface area (Å²) in [5.74, 6) is 0.761. The summed E-state index contributed by atoms with van der Waals surface area (Å²) in [6, 6.07) is -0.212. The molecule has 0 bridgehead atoms.